The lowest BCUT2D eigenvalue weighted by molar-refractivity contribution is -0.141. The van der Waals surface area contributed by atoms with Gasteiger partial charge in [0.25, 0.3) is 0 Å². The van der Waals surface area contributed by atoms with Gasteiger partial charge in [-0.3, -0.25) is 4.90 Å². The Labute approximate surface area is 191 Å². The second kappa shape index (κ2) is 8.41. The zero-order valence-electron chi connectivity index (χ0n) is 17.8. The van der Waals surface area contributed by atoms with Gasteiger partial charge in [0.1, 0.15) is 11.5 Å². The molecule has 0 saturated carbocycles. The van der Waals surface area contributed by atoms with Crippen LogP contribution >= 0.6 is 0 Å². The number of pyridine rings is 1. The lowest BCUT2D eigenvalue weighted by Crippen LogP contribution is -2.35. The van der Waals surface area contributed by atoms with Crippen molar-refractivity contribution in [1.82, 2.24) is 29.5 Å². The van der Waals surface area contributed by atoms with Gasteiger partial charge in [0, 0.05) is 44.5 Å². The first kappa shape index (κ1) is 21.8. The molecule has 13 heteroatoms. The molecular formula is C21H20F3N9O. The number of hydrogen-bond acceptors (Lipinski definition) is 9. The standard InChI is InChI=1S/C21H20F3N9O/c22-21(23,24)16-4-3-12-11-32(7-5-14(12)28-16)8-6-27-17-13(10-25)19-29-18(15-2-1-9-34-15)31-33(19)20(26)30-17/h1-4,9-10,25,27H,5-8,11H2,(H2,26,30). The first-order chi connectivity index (χ1) is 16.3. The Balaban J connectivity index is 1.29. The van der Waals surface area contributed by atoms with Gasteiger partial charge in [-0.05, 0) is 23.8 Å². The van der Waals surface area contributed by atoms with Crippen LogP contribution in [0.3, 0.4) is 0 Å². The van der Waals surface area contributed by atoms with E-state index in [1.54, 1.807) is 12.1 Å². The molecule has 0 saturated heterocycles. The number of hydrogen-bond donors (Lipinski definition) is 3. The average Bonchev–Trinajstić information content (AvgIpc) is 3.49. The van der Waals surface area contributed by atoms with Crippen molar-refractivity contribution in [3.63, 3.8) is 0 Å². The third kappa shape index (κ3) is 4.05. The van der Waals surface area contributed by atoms with E-state index in [1.165, 1.54) is 16.8 Å². The Hall–Kier alpha value is -4.00. The Kier molecular flexibility index (Phi) is 5.40. The molecule has 1 aliphatic heterocycles. The maximum absolute atomic E-state index is 12.9. The van der Waals surface area contributed by atoms with Crippen LogP contribution in [0, 0.1) is 5.41 Å². The van der Waals surface area contributed by atoms with Gasteiger partial charge in [0.15, 0.2) is 11.4 Å². The summed E-state index contributed by atoms with van der Waals surface area (Å²) in [5.74, 6) is 1.29. The fourth-order valence-corrected chi connectivity index (χ4v) is 3.91. The van der Waals surface area contributed by atoms with Gasteiger partial charge >= 0.3 is 6.18 Å². The van der Waals surface area contributed by atoms with Crippen molar-refractivity contribution < 1.29 is 17.6 Å². The van der Waals surface area contributed by atoms with E-state index < -0.39 is 11.9 Å². The molecule has 4 aromatic heterocycles. The van der Waals surface area contributed by atoms with E-state index in [0.717, 1.165) is 17.8 Å². The van der Waals surface area contributed by atoms with Gasteiger partial charge < -0.3 is 20.9 Å². The third-order valence-electron chi connectivity index (χ3n) is 5.57. The Morgan fingerprint density at radius 2 is 2.06 bits per heavy atom. The lowest BCUT2D eigenvalue weighted by Gasteiger charge is -2.28. The molecule has 1 aliphatic rings. The molecule has 0 aromatic carbocycles. The van der Waals surface area contributed by atoms with Crippen molar-refractivity contribution >= 4 is 23.6 Å². The smallest absolute Gasteiger partial charge is 0.433 e. The molecule has 0 atom stereocenters. The molecule has 0 spiro atoms. The van der Waals surface area contributed by atoms with Crippen molar-refractivity contribution in [1.29, 1.82) is 5.41 Å². The second-order valence-electron chi connectivity index (χ2n) is 7.78. The number of nitrogen functional groups attached to an aromatic ring is 1. The van der Waals surface area contributed by atoms with Crippen molar-refractivity contribution in [2.75, 3.05) is 30.7 Å². The Morgan fingerprint density at radius 1 is 1.21 bits per heavy atom. The van der Waals surface area contributed by atoms with Crippen LogP contribution in [0.1, 0.15) is 22.5 Å². The molecule has 0 bridgehead atoms. The second-order valence-corrected chi connectivity index (χ2v) is 7.78. The molecule has 4 N–H and O–H groups in total. The number of furan rings is 1. The lowest BCUT2D eigenvalue weighted by atomic mass is 10.0. The molecular weight excluding hydrogens is 451 g/mol. The predicted octanol–water partition coefficient (Wildman–Crippen LogP) is 2.85. The van der Waals surface area contributed by atoms with Crippen molar-refractivity contribution in [3.8, 4) is 11.6 Å². The summed E-state index contributed by atoms with van der Waals surface area (Å²) in [6, 6.07) is 5.96. The summed E-state index contributed by atoms with van der Waals surface area (Å²) in [4.78, 5) is 14.7. The fraction of sp³-hybridized carbons (Fsp3) is 0.286. The number of alkyl halides is 3. The Morgan fingerprint density at radius 3 is 2.79 bits per heavy atom. The number of nitrogens with two attached hydrogens (primary N) is 1. The van der Waals surface area contributed by atoms with Gasteiger partial charge in [0.05, 0.1) is 11.8 Å². The molecule has 0 fully saturated rings. The van der Waals surface area contributed by atoms with Crippen molar-refractivity contribution in [2.45, 2.75) is 19.1 Å². The minimum atomic E-state index is -4.44. The molecule has 4 aromatic rings. The fourth-order valence-electron chi connectivity index (χ4n) is 3.91. The van der Waals surface area contributed by atoms with Gasteiger partial charge in [-0.1, -0.05) is 6.07 Å². The quantitative estimate of drug-likeness (QED) is 0.366. The van der Waals surface area contributed by atoms with Gasteiger partial charge in [-0.25, -0.2) is 9.97 Å². The molecule has 34 heavy (non-hydrogen) atoms. The molecule has 0 aliphatic carbocycles. The van der Waals surface area contributed by atoms with E-state index in [9.17, 15) is 13.2 Å². The molecule has 0 unspecified atom stereocenters. The first-order valence-electron chi connectivity index (χ1n) is 10.5. The highest BCUT2D eigenvalue weighted by atomic mass is 19.4. The van der Waals surface area contributed by atoms with Gasteiger partial charge in [0.2, 0.25) is 11.8 Å². The van der Waals surface area contributed by atoms with Crippen LogP contribution in [0.5, 0.6) is 0 Å². The summed E-state index contributed by atoms with van der Waals surface area (Å²) in [6.45, 7) is 2.18. The van der Waals surface area contributed by atoms with Crippen LogP contribution in [0.15, 0.2) is 34.9 Å². The average molecular weight is 471 g/mol. The maximum Gasteiger partial charge on any atom is 0.433 e. The van der Waals surface area contributed by atoms with Crippen molar-refractivity contribution in [3.05, 3.63) is 53.0 Å². The molecule has 176 valence electrons. The SMILES string of the molecule is N=Cc1c(NCCN2CCc3nc(C(F)(F)F)ccc3C2)nc(N)n2nc(-c3ccco3)nc12. The van der Waals surface area contributed by atoms with Gasteiger partial charge in [-0.15, -0.1) is 5.10 Å². The van der Waals surface area contributed by atoms with E-state index in [-0.39, 0.29) is 5.95 Å². The third-order valence-corrected chi connectivity index (χ3v) is 5.57. The number of rotatable bonds is 6. The monoisotopic (exact) mass is 471 g/mol. The van der Waals surface area contributed by atoms with E-state index in [1.807, 2.05) is 0 Å². The van der Waals surface area contributed by atoms with Crippen LogP contribution in [0.4, 0.5) is 24.9 Å². The normalized spacial score (nSPS) is 14.3. The predicted molar refractivity (Wildman–Crippen MR) is 117 cm³/mol. The number of fused-ring (bicyclic) bond motifs is 2. The number of anilines is 2. The largest absolute Gasteiger partial charge is 0.461 e. The highest BCUT2D eigenvalue weighted by molar-refractivity contribution is 5.93. The summed E-state index contributed by atoms with van der Waals surface area (Å²) in [5.41, 5.74) is 7.28. The first-order valence-corrected chi connectivity index (χ1v) is 10.5. The number of halogens is 3. The van der Waals surface area contributed by atoms with Crippen LogP contribution in [0.25, 0.3) is 17.2 Å². The van der Waals surface area contributed by atoms with Crippen LogP contribution in [0.2, 0.25) is 0 Å². The zero-order valence-corrected chi connectivity index (χ0v) is 17.8. The molecule has 0 amide bonds. The summed E-state index contributed by atoms with van der Waals surface area (Å²) < 4.78 is 45.4. The van der Waals surface area contributed by atoms with E-state index in [2.05, 4.69) is 30.3 Å². The maximum atomic E-state index is 12.9. The molecule has 10 nitrogen and oxygen atoms in total. The van der Waals surface area contributed by atoms with Crippen LogP contribution in [-0.4, -0.2) is 55.3 Å². The highest BCUT2D eigenvalue weighted by Crippen LogP contribution is 2.29. The van der Waals surface area contributed by atoms with Crippen LogP contribution < -0.4 is 11.1 Å². The molecule has 5 rings (SSSR count). The summed E-state index contributed by atoms with van der Waals surface area (Å²) in [5, 5.41) is 15.3. The van der Waals surface area contributed by atoms with E-state index in [0.29, 0.717) is 66.9 Å². The topological polar surface area (TPSA) is 134 Å². The number of aromatic nitrogens is 5. The van der Waals surface area contributed by atoms with E-state index in [4.69, 9.17) is 15.6 Å². The number of nitrogens with zero attached hydrogens (tertiary/aromatic N) is 6. The Bertz CT molecular complexity index is 1350. The van der Waals surface area contributed by atoms with Gasteiger partial charge in [-0.2, -0.15) is 22.7 Å². The minimum absolute atomic E-state index is 0.104. The zero-order chi connectivity index (χ0) is 23.9. The van der Waals surface area contributed by atoms with E-state index >= 15 is 0 Å². The van der Waals surface area contributed by atoms with Crippen molar-refractivity contribution in [2.24, 2.45) is 0 Å². The molecule has 0 radical (unpaired) electrons. The van der Waals surface area contributed by atoms with Crippen LogP contribution in [-0.2, 0) is 19.1 Å². The highest BCUT2D eigenvalue weighted by Gasteiger charge is 2.33. The summed E-state index contributed by atoms with van der Waals surface area (Å²) in [6.07, 6.45) is -1.36. The molecule has 5 heterocycles. The summed E-state index contributed by atoms with van der Waals surface area (Å²) >= 11 is 0. The number of nitrogens with one attached hydrogen (secondary N) is 2. The minimum Gasteiger partial charge on any atom is -0.461 e. The summed E-state index contributed by atoms with van der Waals surface area (Å²) in [7, 11) is 0.